The minimum absolute atomic E-state index is 0.126. The first-order chi connectivity index (χ1) is 13.3. The van der Waals surface area contributed by atoms with E-state index in [1.165, 1.54) is 0 Å². The fourth-order valence-electron chi connectivity index (χ4n) is 2.85. The molecule has 0 bridgehead atoms. The number of nitrogens with one attached hydrogen (secondary N) is 1. The molecule has 3 heterocycles. The minimum Gasteiger partial charge on any atom is -0.463 e. The van der Waals surface area contributed by atoms with Gasteiger partial charge in [0.1, 0.15) is 5.69 Å². The predicted molar refractivity (Wildman–Crippen MR) is 101 cm³/mol. The van der Waals surface area contributed by atoms with Crippen molar-refractivity contribution < 1.29 is 9.21 Å². The molecule has 6 heteroatoms. The second kappa shape index (κ2) is 7.70. The van der Waals surface area contributed by atoms with Gasteiger partial charge in [-0.3, -0.25) is 9.78 Å². The summed E-state index contributed by atoms with van der Waals surface area (Å²) in [5, 5.41) is 2.95. The summed E-state index contributed by atoms with van der Waals surface area (Å²) in [6.45, 7) is 1.10. The van der Waals surface area contributed by atoms with Crippen molar-refractivity contribution in [2.24, 2.45) is 0 Å². The maximum absolute atomic E-state index is 12.5. The standard InChI is InChI=1S/C21H18N4O2/c26-21(17-7-5-16(6-8-17)14-25-11-10-22-15-25)24-13-18-3-1-9-23-20(18)19-4-2-12-27-19/h1-12,15H,13-14H2,(H,24,26). The van der Waals surface area contributed by atoms with E-state index in [1.807, 2.05) is 59.3 Å². The van der Waals surface area contributed by atoms with Crippen LogP contribution in [-0.2, 0) is 13.1 Å². The van der Waals surface area contributed by atoms with Crippen molar-refractivity contribution in [1.29, 1.82) is 0 Å². The molecule has 4 aromatic rings. The highest BCUT2D eigenvalue weighted by Gasteiger charge is 2.11. The van der Waals surface area contributed by atoms with Gasteiger partial charge < -0.3 is 14.3 Å². The van der Waals surface area contributed by atoms with Crippen molar-refractivity contribution in [2.45, 2.75) is 13.1 Å². The van der Waals surface area contributed by atoms with Crippen LogP contribution >= 0.6 is 0 Å². The molecule has 0 saturated heterocycles. The van der Waals surface area contributed by atoms with Crippen LogP contribution in [0.2, 0.25) is 0 Å². The first kappa shape index (κ1) is 16.8. The zero-order valence-electron chi connectivity index (χ0n) is 14.6. The van der Waals surface area contributed by atoms with E-state index in [9.17, 15) is 4.79 Å². The molecule has 1 N–H and O–H groups in total. The first-order valence-corrected chi connectivity index (χ1v) is 8.60. The Bertz CT molecular complexity index is 1010. The van der Waals surface area contributed by atoms with E-state index < -0.39 is 0 Å². The van der Waals surface area contributed by atoms with E-state index in [-0.39, 0.29) is 5.91 Å². The number of furan rings is 1. The van der Waals surface area contributed by atoms with Crippen LogP contribution in [0, 0.1) is 0 Å². The molecule has 27 heavy (non-hydrogen) atoms. The molecule has 0 aliphatic heterocycles. The summed E-state index contributed by atoms with van der Waals surface area (Å²) in [6.07, 6.45) is 8.74. The van der Waals surface area contributed by atoms with Gasteiger partial charge in [0, 0.05) is 42.8 Å². The van der Waals surface area contributed by atoms with Crippen LogP contribution in [0.4, 0.5) is 0 Å². The molecular formula is C21H18N4O2. The number of amides is 1. The number of aromatic nitrogens is 3. The Morgan fingerprint density at radius 2 is 1.96 bits per heavy atom. The summed E-state index contributed by atoms with van der Waals surface area (Å²) < 4.78 is 7.41. The molecule has 6 nitrogen and oxygen atoms in total. The second-order valence-electron chi connectivity index (χ2n) is 6.10. The fraction of sp³-hybridized carbons (Fsp3) is 0.0952. The molecule has 0 aliphatic rings. The number of benzene rings is 1. The Labute approximate surface area is 156 Å². The van der Waals surface area contributed by atoms with Gasteiger partial charge in [-0.2, -0.15) is 0 Å². The molecular weight excluding hydrogens is 340 g/mol. The number of pyridine rings is 1. The number of carbonyl (C=O) groups excluding carboxylic acids is 1. The van der Waals surface area contributed by atoms with Crippen molar-refractivity contribution >= 4 is 5.91 Å². The average molecular weight is 358 g/mol. The fourth-order valence-corrected chi connectivity index (χ4v) is 2.85. The van der Waals surface area contributed by atoms with E-state index in [1.54, 1.807) is 25.0 Å². The van der Waals surface area contributed by atoms with Crippen molar-refractivity contribution in [3.8, 4) is 11.5 Å². The molecule has 4 rings (SSSR count). The van der Waals surface area contributed by atoms with E-state index in [4.69, 9.17) is 4.42 Å². The second-order valence-corrected chi connectivity index (χ2v) is 6.10. The third-order valence-corrected chi connectivity index (χ3v) is 4.23. The molecule has 0 atom stereocenters. The molecule has 0 spiro atoms. The summed E-state index contributed by atoms with van der Waals surface area (Å²) >= 11 is 0. The Morgan fingerprint density at radius 3 is 2.70 bits per heavy atom. The number of imidazole rings is 1. The van der Waals surface area contributed by atoms with E-state index in [0.717, 1.165) is 23.4 Å². The van der Waals surface area contributed by atoms with Crippen molar-refractivity contribution in [2.75, 3.05) is 0 Å². The van der Waals surface area contributed by atoms with Gasteiger partial charge in [-0.25, -0.2) is 4.98 Å². The van der Waals surface area contributed by atoms with Crippen LogP contribution in [-0.4, -0.2) is 20.4 Å². The lowest BCUT2D eigenvalue weighted by Crippen LogP contribution is -2.23. The van der Waals surface area contributed by atoms with Gasteiger partial charge in [-0.05, 0) is 35.9 Å². The summed E-state index contributed by atoms with van der Waals surface area (Å²) in [5.41, 5.74) is 3.36. The molecule has 134 valence electrons. The molecule has 0 unspecified atom stereocenters. The molecule has 0 aliphatic carbocycles. The van der Waals surface area contributed by atoms with Crippen molar-refractivity contribution in [3.05, 3.63) is 96.4 Å². The van der Waals surface area contributed by atoms with Gasteiger partial charge in [-0.1, -0.05) is 18.2 Å². The van der Waals surface area contributed by atoms with Crippen molar-refractivity contribution in [1.82, 2.24) is 19.9 Å². The van der Waals surface area contributed by atoms with E-state index in [0.29, 0.717) is 17.9 Å². The van der Waals surface area contributed by atoms with Gasteiger partial charge in [0.15, 0.2) is 5.76 Å². The molecule has 0 fully saturated rings. The maximum atomic E-state index is 12.5. The Kier molecular flexibility index (Phi) is 4.78. The number of carbonyl (C=O) groups is 1. The topological polar surface area (TPSA) is 73.0 Å². The van der Waals surface area contributed by atoms with Crippen LogP contribution < -0.4 is 5.32 Å². The quantitative estimate of drug-likeness (QED) is 0.572. The van der Waals surface area contributed by atoms with Crippen LogP contribution in [0.1, 0.15) is 21.5 Å². The van der Waals surface area contributed by atoms with Crippen molar-refractivity contribution in [3.63, 3.8) is 0 Å². The summed E-state index contributed by atoms with van der Waals surface area (Å²) in [4.78, 5) is 20.9. The molecule has 3 aromatic heterocycles. The monoisotopic (exact) mass is 358 g/mol. The Morgan fingerprint density at radius 1 is 1.07 bits per heavy atom. The highest BCUT2D eigenvalue weighted by molar-refractivity contribution is 5.94. The lowest BCUT2D eigenvalue weighted by atomic mass is 10.1. The van der Waals surface area contributed by atoms with Crippen LogP contribution in [0.5, 0.6) is 0 Å². The molecule has 1 amide bonds. The van der Waals surface area contributed by atoms with Crippen LogP contribution in [0.3, 0.4) is 0 Å². The number of nitrogens with zero attached hydrogens (tertiary/aromatic N) is 3. The van der Waals surface area contributed by atoms with Gasteiger partial charge in [0.25, 0.3) is 5.91 Å². The Balaban J connectivity index is 1.41. The van der Waals surface area contributed by atoms with Gasteiger partial charge in [0.05, 0.1) is 12.6 Å². The van der Waals surface area contributed by atoms with E-state index >= 15 is 0 Å². The average Bonchev–Trinajstić information content (AvgIpc) is 3.41. The normalized spacial score (nSPS) is 10.7. The van der Waals surface area contributed by atoms with Gasteiger partial charge in [0.2, 0.25) is 0 Å². The smallest absolute Gasteiger partial charge is 0.251 e. The minimum atomic E-state index is -0.126. The summed E-state index contributed by atoms with van der Waals surface area (Å²) in [6, 6.07) is 15.0. The summed E-state index contributed by atoms with van der Waals surface area (Å²) in [5.74, 6) is 0.558. The van der Waals surface area contributed by atoms with Gasteiger partial charge >= 0.3 is 0 Å². The highest BCUT2D eigenvalue weighted by Crippen LogP contribution is 2.21. The van der Waals surface area contributed by atoms with E-state index in [2.05, 4.69) is 15.3 Å². The Hall–Kier alpha value is -3.67. The lowest BCUT2D eigenvalue weighted by molar-refractivity contribution is 0.0951. The zero-order chi connectivity index (χ0) is 18.5. The molecule has 1 aromatic carbocycles. The number of hydrogen-bond acceptors (Lipinski definition) is 4. The number of rotatable bonds is 6. The van der Waals surface area contributed by atoms with Gasteiger partial charge in [-0.15, -0.1) is 0 Å². The first-order valence-electron chi connectivity index (χ1n) is 8.60. The predicted octanol–water partition coefficient (Wildman–Crippen LogP) is 3.52. The largest absolute Gasteiger partial charge is 0.463 e. The maximum Gasteiger partial charge on any atom is 0.251 e. The zero-order valence-corrected chi connectivity index (χ0v) is 14.6. The molecule has 0 radical (unpaired) electrons. The highest BCUT2D eigenvalue weighted by atomic mass is 16.3. The molecule has 0 saturated carbocycles. The third kappa shape index (κ3) is 3.95. The number of hydrogen-bond donors (Lipinski definition) is 1. The summed E-state index contributed by atoms with van der Waals surface area (Å²) in [7, 11) is 0. The SMILES string of the molecule is O=C(NCc1cccnc1-c1ccco1)c1ccc(Cn2ccnc2)cc1. The van der Waals surface area contributed by atoms with Crippen LogP contribution in [0.25, 0.3) is 11.5 Å². The van der Waals surface area contributed by atoms with Crippen LogP contribution in [0.15, 0.2) is 84.1 Å². The third-order valence-electron chi connectivity index (χ3n) is 4.23. The lowest BCUT2D eigenvalue weighted by Gasteiger charge is -2.09.